The molecule has 0 fully saturated rings. The van der Waals surface area contributed by atoms with E-state index >= 15 is 0 Å². The van der Waals surface area contributed by atoms with E-state index in [4.69, 9.17) is 18.5 Å². The Morgan fingerprint density at radius 2 is 0.812 bits per heavy atom. The molecule has 0 saturated carbocycles. The molecule has 14 heteroatoms. The fourth-order valence-electron chi connectivity index (χ4n) is 4.88. The first-order valence-corrected chi connectivity index (χ1v) is 18.2. The molecule has 48 heavy (non-hydrogen) atoms. The summed E-state index contributed by atoms with van der Waals surface area (Å²) in [7, 11) is 0.150. The lowest BCUT2D eigenvalue weighted by molar-refractivity contribution is 0.0968. The van der Waals surface area contributed by atoms with Gasteiger partial charge in [0, 0.05) is 38.9 Å². The maximum absolute atomic E-state index is 13.4. The lowest BCUT2D eigenvalue weighted by Crippen LogP contribution is -2.43. The summed E-state index contributed by atoms with van der Waals surface area (Å²) in [5.41, 5.74) is 4.06. The topological polar surface area (TPSA) is 141 Å². The second-order valence-corrected chi connectivity index (χ2v) is 13.9. The van der Waals surface area contributed by atoms with Crippen LogP contribution in [-0.4, -0.2) is 44.2 Å². The van der Waals surface area contributed by atoms with Gasteiger partial charge >= 0.3 is 8.25 Å². The van der Waals surface area contributed by atoms with Gasteiger partial charge in [-0.1, -0.05) is 85.3 Å². The van der Waals surface area contributed by atoms with Gasteiger partial charge in [-0.25, -0.2) is 0 Å². The van der Waals surface area contributed by atoms with E-state index in [1.54, 1.807) is 90.4 Å². The van der Waals surface area contributed by atoms with Crippen LogP contribution < -0.4 is 18.1 Å². The second kappa shape index (κ2) is 17.1. The predicted octanol–water partition coefficient (Wildman–Crippen LogP) is 7.59. The Labute approximate surface area is 287 Å². The molecule has 0 aromatic heterocycles. The summed E-state index contributed by atoms with van der Waals surface area (Å²) in [4.78, 5) is 0. The van der Waals surface area contributed by atoms with Crippen LogP contribution in [0.5, 0.6) is 11.5 Å². The third-order valence-corrected chi connectivity index (χ3v) is 9.66. The molecule has 0 aliphatic heterocycles. The molecule has 0 amide bonds. The minimum Gasteiger partial charge on any atom is -0.755 e. The first-order valence-electron chi connectivity index (χ1n) is 15.0. The highest BCUT2D eigenvalue weighted by atomic mass is 32.2. The molecule has 0 N–H and O–H groups in total. The summed E-state index contributed by atoms with van der Waals surface area (Å²) in [6, 6.07) is 28.4. The van der Waals surface area contributed by atoms with Crippen LogP contribution in [0.4, 0.5) is 11.4 Å². The van der Waals surface area contributed by atoms with E-state index in [2.05, 4.69) is 0 Å². The Kier molecular flexibility index (Phi) is 13.2. The van der Waals surface area contributed by atoms with E-state index in [0.29, 0.717) is 11.5 Å². The Bertz CT molecular complexity index is 1560. The van der Waals surface area contributed by atoms with Gasteiger partial charge in [0.25, 0.3) is 0 Å². The number of rotatable bonds is 16. The summed E-state index contributed by atoms with van der Waals surface area (Å²) in [5.74, 6) is 0.478. The van der Waals surface area contributed by atoms with Crippen LogP contribution in [0.25, 0.3) is 22.3 Å². The molecule has 4 rings (SSSR count). The Morgan fingerprint density at radius 3 is 1.04 bits per heavy atom. The van der Waals surface area contributed by atoms with Crippen molar-refractivity contribution in [3.63, 3.8) is 0 Å². The zero-order valence-electron chi connectivity index (χ0n) is 27.4. The molecule has 0 saturated heterocycles. The molecule has 0 aliphatic carbocycles. The van der Waals surface area contributed by atoms with Gasteiger partial charge < -0.3 is 18.6 Å². The number of hydrogen-bond donors (Lipinski definition) is 0. The van der Waals surface area contributed by atoms with Crippen molar-refractivity contribution in [1.29, 1.82) is 0 Å². The molecule has 256 valence electrons. The summed E-state index contributed by atoms with van der Waals surface area (Å²) in [6.45, 7) is 6.84. The van der Waals surface area contributed by atoms with Crippen LogP contribution >= 0.6 is 8.25 Å². The third-order valence-electron chi connectivity index (χ3n) is 7.40. The van der Waals surface area contributed by atoms with E-state index in [9.17, 15) is 22.1 Å². The molecule has 4 unspecified atom stereocenters. The first-order chi connectivity index (χ1) is 22.9. The summed E-state index contributed by atoms with van der Waals surface area (Å²) in [6.07, 6.45) is -2.47. The van der Waals surface area contributed by atoms with Crippen molar-refractivity contribution in [1.82, 2.24) is 0 Å². The van der Waals surface area contributed by atoms with Crippen LogP contribution in [0.15, 0.2) is 97.1 Å². The van der Waals surface area contributed by atoms with E-state index in [1.807, 2.05) is 48.5 Å². The molecule has 0 aliphatic rings. The largest absolute Gasteiger partial charge is 0.755 e. The van der Waals surface area contributed by atoms with Gasteiger partial charge in [-0.05, 0) is 70.8 Å². The average Bonchev–Trinajstić information content (AvgIpc) is 3.08. The lowest BCUT2D eigenvalue weighted by atomic mass is 10.1. The molecule has 0 bridgehead atoms. The Balaban J connectivity index is 1.53. The van der Waals surface area contributed by atoms with Gasteiger partial charge in [0.15, 0.2) is 0 Å². The summed E-state index contributed by atoms with van der Waals surface area (Å²) < 4.78 is 87.4. The van der Waals surface area contributed by atoms with Crippen molar-refractivity contribution in [3.05, 3.63) is 97.1 Å². The number of hydrogen-bond acceptors (Lipinski definition) is 9. The van der Waals surface area contributed by atoms with Crippen LogP contribution in [-0.2, 0) is 36.1 Å². The maximum Gasteiger partial charge on any atom is 0.701 e. The molecule has 0 spiro atoms. The molecule has 4 atom stereocenters. The Hall–Kier alpha value is -3.68. The van der Waals surface area contributed by atoms with Crippen LogP contribution in [0, 0.1) is 11.8 Å². The molecular weight excluding hydrogens is 675 g/mol. The standard InChI is InChI=1S/C34H39N2O9PS2/c1-23(2)33(35(47(38)39)29-15-7-25(8-16-29)27-11-19-31(42-5)20-12-27)44-46(37)45-34(24(3)4)36(48(40)41)30-17-9-26(10-18-30)28-13-21-32(43-6)22-14-28/h7-24,33-34H,1-6H3,(H-,38,39,40,41)/p-1. The highest BCUT2D eigenvalue weighted by molar-refractivity contribution is 7.81. The molecular formula is C34H38N2O9PS2-. The fraction of sp³-hybridized carbons (Fsp3) is 0.294. The minimum absolute atomic E-state index is 0.280. The van der Waals surface area contributed by atoms with Crippen molar-refractivity contribution in [2.75, 3.05) is 22.8 Å². The molecule has 11 nitrogen and oxygen atoms in total. The SMILES string of the molecule is COc1ccc(-c2ccc(N(C(O[P+](=O)OC(C(C)C)N(c3ccc(-c4ccc(OC)cc4)cc3)S(=O)[O-])C(C)C)S(=O)[O-])cc2)cc1. The smallest absolute Gasteiger partial charge is 0.701 e. The third kappa shape index (κ3) is 9.26. The van der Waals surface area contributed by atoms with E-state index in [-0.39, 0.29) is 11.4 Å². The number of benzene rings is 4. The van der Waals surface area contributed by atoms with Crippen LogP contribution in [0.3, 0.4) is 0 Å². The highest BCUT2D eigenvalue weighted by Gasteiger charge is 2.40. The zero-order valence-corrected chi connectivity index (χ0v) is 29.9. The quantitative estimate of drug-likeness (QED) is 0.0652. The molecule has 4 aromatic rings. The monoisotopic (exact) mass is 713 g/mol. The van der Waals surface area contributed by atoms with Gasteiger partial charge in [-0.2, -0.15) is 0 Å². The van der Waals surface area contributed by atoms with Gasteiger partial charge in [-0.3, -0.25) is 17.0 Å². The molecule has 0 heterocycles. The van der Waals surface area contributed by atoms with E-state index in [0.717, 1.165) is 30.9 Å². The average molecular weight is 714 g/mol. The predicted molar refractivity (Wildman–Crippen MR) is 187 cm³/mol. The highest BCUT2D eigenvalue weighted by Crippen LogP contribution is 2.38. The van der Waals surface area contributed by atoms with Crippen molar-refractivity contribution < 1.29 is 40.6 Å². The van der Waals surface area contributed by atoms with Gasteiger partial charge in [0.2, 0.25) is 12.5 Å². The number of ether oxygens (including phenoxy) is 2. The molecule has 4 aromatic carbocycles. The van der Waals surface area contributed by atoms with E-state index < -0.39 is 55.1 Å². The van der Waals surface area contributed by atoms with Gasteiger partial charge in [0.05, 0.1) is 25.6 Å². The van der Waals surface area contributed by atoms with Crippen molar-refractivity contribution >= 4 is 42.2 Å². The fourth-order valence-corrected chi connectivity index (χ4v) is 7.58. The van der Waals surface area contributed by atoms with Gasteiger partial charge in [0.1, 0.15) is 11.5 Å². The number of anilines is 2. The summed E-state index contributed by atoms with van der Waals surface area (Å²) >= 11 is -5.65. The first kappa shape index (κ1) is 37.1. The maximum atomic E-state index is 13.4. The van der Waals surface area contributed by atoms with Crippen molar-refractivity contribution in [2.45, 2.75) is 40.2 Å². The Morgan fingerprint density at radius 1 is 0.542 bits per heavy atom. The minimum atomic E-state index is -3.02. The van der Waals surface area contributed by atoms with Crippen molar-refractivity contribution in [2.24, 2.45) is 11.8 Å². The lowest BCUT2D eigenvalue weighted by Gasteiger charge is -2.34. The van der Waals surface area contributed by atoms with Crippen LogP contribution in [0.2, 0.25) is 0 Å². The normalized spacial score (nSPS) is 14.2. The van der Waals surface area contributed by atoms with Crippen LogP contribution in [0.1, 0.15) is 27.7 Å². The van der Waals surface area contributed by atoms with E-state index in [1.165, 1.54) is 0 Å². The second-order valence-electron chi connectivity index (χ2n) is 11.3. The summed E-state index contributed by atoms with van der Waals surface area (Å²) in [5, 5.41) is 0. The zero-order chi connectivity index (χ0) is 35.0. The number of methoxy groups -OCH3 is 2. The molecule has 0 radical (unpaired) electrons. The van der Waals surface area contributed by atoms with Crippen molar-refractivity contribution in [3.8, 4) is 33.8 Å². The number of nitrogens with zero attached hydrogens (tertiary/aromatic N) is 2. The van der Waals surface area contributed by atoms with Gasteiger partial charge in [-0.15, -0.1) is 0 Å².